The topological polar surface area (TPSA) is 110 Å². The molecule has 13 heteroatoms. The number of thiazole rings is 1. The Morgan fingerprint density at radius 3 is 2.46 bits per heavy atom. The molecule has 0 atom stereocenters. The summed E-state index contributed by atoms with van der Waals surface area (Å²) in [6.45, 7) is 10.7. The van der Waals surface area contributed by atoms with Gasteiger partial charge in [-0.25, -0.2) is 4.98 Å². The van der Waals surface area contributed by atoms with Gasteiger partial charge in [0, 0.05) is 42.7 Å². The predicted molar refractivity (Wildman–Crippen MR) is 155 cm³/mol. The van der Waals surface area contributed by atoms with Gasteiger partial charge in [0.15, 0.2) is 5.13 Å². The van der Waals surface area contributed by atoms with Gasteiger partial charge in [-0.15, -0.1) is 5.53 Å². The number of aromatic nitrogens is 1. The van der Waals surface area contributed by atoms with E-state index in [9.17, 15) is 22.8 Å². The SMILES string of the molecule is CC(=O)Nc1ncc(C2=CN(c3cc(C(=O)Nc4cc(CNC(C)(C)C)c(C)c(C(F)(F)F)c4)ccc3C)NN2)s1. The molecule has 2 aromatic carbocycles. The molecule has 9 nitrogen and oxygen atoms in total. The molecule has 0 fully saturated rings. The minimum Gasteiger partial charge on any atom is -0.322 e. The molecule has 5 N–H and O–H groups in total. The number of nitrogens with one attached hydrogen (secondary N) is 5. The van der Waals surface area contributed by atoms with Crippen LogP contribution in [0.15, 0.2) is 42.7 Å². The van der Waals surface area contributed by atoms with Crippen LogP contribution >= 0.6 is 11.3 Å². The number of hydrazine groups is 2. The van der Waals surface area contributed by atoms with Crippen LogP contribution in [0.1, 0.15) is 65.2 Å². The first-order valence-electron chi connectivity index (χ1n) is 12.7. The van der Waals surface area contributed by atoms with Crippen LogP contribution in [-0.2, 0) is 17.5 Å². The van der Waals surface area contributed by atoms with Crippen molar-refractivity contribution in [2.45, 2.75) is 59.8 Å². The fraction of sp³-hybridized carbons (Fsp3) is 0.321. The Bertz CT molecular complexity index is 1510. The summed E-state index contributed by atoms with van der Waals surface area (Å²) in [5.41, 5.74) is 8.05. The van der Waals surface area contributed by atoms with Gasteiger partial charge in [-0.1, -0.05) is 17.4 Å². The molecule has 0 spiro atoms. The highest BCUT2D eigenvalue weighted by molar-refractivity contribution is 7.16. The van der Waals surface area contributed by atoms with E-state index in [1.165, 1.54) is 25.2 Å². The van der Waals surface area contributed by atoms with E-state index in [0.29, 0.717) is 22.1 Å². The van der Waals surface area contributed by atoms with Crippen LogP contribution in [0.4, 0.5) is 29.7 Å². The zero-order chi connectivity index (χ0) is 30.1. The summed E-state index contributed by atoms with van der Waals surface area (Å²) in [5, 5.41) is 10.7. The molecular weight excluding hydrogens is 555 g/mol. The number of benzene rings is 2. The van der Waals surface area contributed by atoms with Crippen LogP contribution < -0.4 is 31.9 Å². The number of hydrogen-bond acceptors (Lipinski definition) is 8. The van der Waals surface area contributed by atoms with E-state index in [4.69, 9.17) is 0 Å². The number of amides is 2. The van der Waals surface area contributed by atoms with Gasteiger partial charge in [0.05, 0.1) is 21.8 Å². The number of alkyl halides is 3. The quantitative estimate of drug-likeness (QED) is 0.241. The molecule has 0 saturated heterocycles. The lowest BCUT2D eigenvalue weighted by Gasteiger charge is -2.23. The summed E-state index contributed by atoms with van der Waals surface area (Å²) < 4.78 is 41.5. The summed E-state index contributed by atoms with van der Waals surface area (Å²) in [6.07, 6.45) is -1.17. The Balaban J connectivity index is 1.58. The summed E-state index contributed by atoms with van der Waals surface area (Å²) in [4.78, 5) is 29.5. The van der Waals surface area contributed by atoms with Crippen molar-refractivity contribution in [1.29, 1.82) is 0 Å². The van der Waals surface area contributed by atoms with Gasteiger partial charge in [-0.3, -0.25) is 14.6 Å². The van der Waals surface area contributed by atoms with Crippen molar-refractivity contribution in [3.8, 4) is 0 Å². The highest BCUT2D eigenvalue weighted by Crippen LogP contribution is 2.36. The zero-order valence-corrected chi connectivity index (χ0v) is 24.3. The molecule has 41 heavy (non-hydrogen) atoms. The van der Waals surface area contributed by atoms with Crippen LogP contribution in [-0.4, -0.2) is 22.3 Å². The third-order valence-corrected chi connectivity index (χ3v) is 7.19. The van der Waals surface area contributed by atoms with Crippen molar-refractivity contribution in [2.24, 2.45) is 0 Å². The van der Waals surface area contributed by atoms with E-state index in [0.717, 1.165) is 16.5 Å². The number of anilines is 3. The van der Waals surface area contributed by atoms with Crippen molar-refractivity contribution < 1.29 is 22.8 Å². The van der Waals surface area contributed by atoms with Gasteiger partial charge in [0.1, 0.15) is 0 Å². The molecule has 0 bridgehead atoms. The normalized spacial score (nSPS) is 13.6. The van der Waals surface area contributed by atoms with Gasteiger partial charge in [-0.2, -0.15) is 13.2 Å². The molecule has 1 aliphatic rings. The number of rotatable bonds is 7. The maximum absolute atomic E-state index is 13.8. The molecule has 2 heterocycles. The number of hydrogen-bond donors (Lipinski definition) is 5. The van der Waals surface area contributed by atoms with E-state index in [-0.39, 0.29) is 34.8 Å². The first-order chi connectivity index (χ1) is 19.1. The lowest BCUT2D eigenvalue weighted by molar-refractivity contribution is -0.138. The average Bonchev–Trinajstić information content (AvgIpc) is 3.52. The summed E-state index contributed by atoms with van der Waals surface area (Å²) >= 11 is 1.29. The van der Waals surface area contributed by atoms with E-state index in [1.807, 2.05) is 27.7 Å². The fourth-order valence-corrected chi connectivity index (χ4v) is 4.90. The Morgan fingerprint density at radius 1 is 1.07 bits per heavy atom. The highest BCUT2D eigenvalue weighted by atomic mass is 32.1. The van der Waals surface area contributed by atoms with Crippen molar-refractivity contribution in [1.82, 2.24) is 21.3 Å². The Hall–Kier alpha value is -3.94. The molecule has 3 aromatic rings. The predicted octanol–water partition coefficient (Wildman–Crippen LogP) is 5.71. The van der Waals surface area contributed by atoms with Crippen LogP contribution in [0.2, 0.25) is 0 Å². The minimum atomic E-state index is -4.57. The monoisotopic (exact) mass is 587 g/mol. The van der Waals surface area contributed by atoms with E-state index >= 15 is 0 Å². The molecule has 2 amide bonds. The number of halogens is 3. The van der Waals surface area contributed by atoms with Crippen LogP contribution in [0.3, 0.4) is 0 Å². The molecule has 0 aliphatic carbocycles. The second kappa shape index (κ2) is 11.5. The number of aryl methyl sites for hydroxylation is 1. The molecular formula is C28H32F3N7O2S. The van der Waals surface area contributed by atoms with Gasteiger partial charge >= 0.3 is 6.18 Å². The second-order valence-corrected chi connectivity index (χ2v) is 11.8. The van der Waals surface area contributed by atoms with Crippen LogP contribution in [0.5, 0.6) is 0 Å². The zero-order valence-electron chi connectivity index (χ0n) is 23.5. The highest BCUT2D eigenvalue weighted by Gasteiger charge is 2.34. The van der Waals surface area contributed by atoms with Crippen molar-refractivity contribution in [3.63, 3.8) is 0 Å². The van der Waals surface area contributed by atoms with Gasteiger partial charge < -0.3 is 21.4 Å². The lowest BCUT2D eigenvalue weighted by atomic mass is 9.99. The largest absolute Gasteiger partial charge is 0.416 e. The Morgan fingerprint density at radius 2 is 1.80 bits per heavy atom. The second-order valence-electron chi connectivity index (χ2n) is 10.7. The van der Waals surface area contributed by atoms with E-state index < -0.39 is 17.6 Å². The summed E-state index contributed by atoms with van der Waals surface area (Å²) in [6, 6.07) is 7.56. The Kier molecular flexibility index (Phi) is 8.43. The molecule has 218 valence electrons. The summed E-state index contributed by atoms with van der Waals surface area (Å²) in [5.74, 6) is -0.764. The smallest absolute Gasteiger partial charge is 0.322 e. The first-order valence-corrected chi connectivity index (χ1v) is 13.6. The van der Waals surface area contributed by atoms with Crippen molar-refractivity contribution in [2.75, 3.05) is 15.6 Å². The van der Waals surface area contributed by atoms with Crippen LogP contribution in [0, 0.1) is 13.8 Å². The van der Waals surface area contributed by atoms with Gasteiger partial charge in [-0.05, 0) is 75.6 Å². The number of carbonyl (C=O) groups is 2. The number of carbonyl (C=O) groups excluding carboxylic acids is 2. The molecule has 0 radical (unpaired) electrons. The van der Waals surface area contributed by atoms with Crippen molar-refractivity contribution >= 4 is 45.4 Å². The lowest BCUT2D eigenvalue weighted by Crippen LogP contribution is -2.36. The molecule has 0 saturated carbocycles. The van der Waals surface area contributed by atoms with Gasteiger partial charge in [0.2, 0.25) is 5.91 Å². The number of nitrogens with zero attached hydrogens (tertiary/aromatic N) is 2. The molecule has 0 unspecified atom stereocenters. The maximum atomic E-state index is 13.8. The first kappa shape index (κ1) is 30.0. The average molecular weight is 588 g/mol. The fourth-order valence-electron chi connectivity index (χ4n) is 4.07. The molecule has 1 aliphatic heterocycles. The molecule has 4 rings (SSSR count). The van der Waals surface area contributed by atoms with Crippen molar-refractivity contribution in [3.05, 3.63) is 75.4 Å². The van der Waals surface area contributed by atoms with E-state index in [1.54, 1.807) is 41.7 Å². The standard InChI is InChI=1S/C28H32F3N7O2S/c1-15-7-8-18(10-23(15)38-14-22(36-37-38)24-13-32-26(41-24)34-17(3)39)25(40)35-20-9-19(12-33-27(4,5)6)16(2)21(11-20)28(29,30)31/h7-11,13-14,33,36-37H,12H2,1-6H3,(H,35,40)(H,32,34,39). The van der Waals surface area contributed by atoms with E-state index in [2.05, 4.69) is 31.9 Å². The third-order valence-electron chi connectivity index (χ3n) is 6.24. The van der Waals surface area contributed by atoms with Gasteiger partial charge in [0.25, 0.3) is 5.91 Å². The third kappa shape index (κ3) is 7.43. The summed E-state index contributed by atoms with van der Waals surface area (Å²) in [7, 11) is 0. The minimum absolute atomic E-state index is 0.0593. The molecule has 1 aromatic heterocycles. The van der Waals surface area contributed by atoms with Crippen LogP contribution in [0.25, 0.3) is 5.70 Å². The maximum Gasteiger partial charge on any atom is 0.416 e. The Labute approximate surface area is 240 Å².